The lowest BCUT2D eigenvalue weighted by atomic mass is 9.95. The zero-order valence-corrected chi connectivity index (χ0v) is 22.2. The number of rotatable bonds is 5. The summed E-state index contributed by atoms with van der Waals surface area (Å²) >= 11 is 0. The molecule has 3 atom stereocenters. The maximum Gasteiger partial charge on any atom is 0.401 e. The number of aromatic nitrogens is 2. The van der Waals surface area contributed by atoms with Crippen LogP contribution in [-0.4, -0.2) is 61.1 Å². The molecule has 210 valence electrons. The number of aliphatic hydroxyl groups excluding tert-OH is 1. The van der Waals surface area contributed by atoms with Crippen molar-refractivity contribution >= 4 is 40.8 Å². The van der Waals surface area contributed by atoms with E-state index in [-0.39, 0.29) is 5.69 Å². The van der Waals surface area contributed by atoms with Crippen molar-refractivity contribution < 1.29 is 43.6 Å². The summed E-state index contributed by atoms with van der Waals surface area (Å²) in [6, 6.07) is 7.55. The number of fused-ring (bicyclic) bond motifs is 4. The number of anilines is 2. The van der Waals surface area contributed by atoms with Crippen LogP contribution in [0.5, 0.6) is 0 Å². The van der Waals surface area contributed by atoms with Crippen LogP contribution >= 0.6 is 0 Å². The Balaban J connectivity index is 1.53. The number of cyclic esters (lactones) is 1. The molecule has 0 radical (unpaired) electrons. The highest BCUT2D eigenvalue weighted by atomic mass is 16.8. The molecule has 1 aromatic carbocycles. The Hall–Kier alpha value is -4.49. The van der Waals surface area contributed by atoms with E-state index in [0.717, 1.165) is 28.1 Å². The summed E-state index contributed by atoms with van der Waals surface area (Å²) in [4.78, 5) is 55.5. The number of ether oxygens (including phenoxy) is 3. The zero-order chi connectivity index (χ0) is 29.0. The molecule has 13 nitrogen and oxygen atoms in total. The van der Waals surface area contributed by atoms with E-state index in [2.05, 4.69) is 15.6 Å². The summed E-state index contributed by atoms with van der Waals surface area (Å²) in [5.41, 5.74) is 3.42. The highest BCUT2D eigenvalue weighted by molar-refractivity contribution is 6.03. The molecule has 3 unspecified atom stereocenters. The summed E-state index contributed by atoms with van der Waals surface area (Å²) in [6.45, 7) is 8.12. The highest BCUT2D eigenvalue weighted by Crippen LogP contribution is 2.36. The quantitative estimate of drug-likeness (QED) is 0.335. The third-order valence-corrected chi connectivity index (χ3v) is 7.20. The van der Waals surface area contributed by atoms with E-state index in [1.165, 1.54) is 0 Å². The van der Waals surface area contributed by atoms with Gasteiger partial charge >= 0.3 is 29.6 Å². The van der Waals surface area contributed by atoms with Crippen molar-refractivity contribution in [3.63, 3.8) is 0 Å². The lowest BCUT2D eigenvalue weighted by Gasteiger charge is -2.34. The van der Waals surface area contributed by atoms with Crippen molar-refractivity contribution in [3.8, 4) is 0 Å². The van der Waals surface area contributed by atoms with Crippen LogP contribution in [0.15, 0.2) is 30.5 Å². The van der Waals surface area contributed by atoms with Crippen LogP contribution in [0.1, 0.15) is 40.9 Å². The van der Waals surface area contributed by atoms with Gasteiger partial charge in [0.2, 0.25) is 0 Å². The third kappa shape index (κ3) is 4.52. The molecule has 2 saturated heterocycles. The van der Waals surface area contributed by atoms with Crippen LogP contribution in [0, 0.1) is 27.7 Å². The molecule has 3 aromatic rings. The first-order valence-electron chi connectivity index (χ1n) is 12.5. The molecule has 2 bridgehead atoms. The Bertz CT molecular complexity index is 1560. The molecule has 2 aliphatic rings. The van der Waals surface area contributed by atoms with Gasteiger partial charge in [0, 0.05) is 18.4 Å². The molecule has 0 aliphatic carbocycles. The molecular formula is C27H28N4O9. The molecule has 5 rings (SSSR count). The average molecular weight is 553 g/mol. The third-order valence-electron chi connectivity index (χ3n) is 7.20. The largest absolute Gasteiger partial charge is 0.426 e. The zero-order valence-electron chi connectivity index (χ0n) is 22.2. The van der Waals surface area contributed by atoms with Crippen molar-refractivity contribution in [2.75, 3.05) is 10.6 Å². The van der Waals surface area contributed by atoms with Gasteiger partial charge in [-0.3, -0.25) is 14.4 Å². The fraction of sp³-hybridized carbons (Fsp3) is 0.370. The maximum atomic E-state index is 13.5. The first-order valence-corrected chi connectivity index (χ1v) is 12.5. The molecule has 1 amide bonds. The number of aryl methyl sites for hydroxylation is 4. The van der Waals surface area contributed by atoms with Crippen molar-refractivity contribution in [3.05, 3.63) is 58.5 Å². The summed E-state index contributed by atoms with van der Waals surface area (Å²) in [6.07, 6.45) is -2.91. The fourth-order valence-electron chi connectivity index (χ4n) is 4.79. The van der Waals surface area contributed by atoms with Crippen LogP contribution < -0.4 is 10.6 Å². The first-order chi connectivity index (χ1) is 18.8. The minimum absolute atomic E-state index is 0.142. The van der Waals surface area contributed by atoms with Gasteiger partial charge in [0.05, 0.1) is 29.9 Å². The van der Waals surface area contributed by atoms with E-state index in [1.807, 2.05) is 45.9 Å². The number of hydrogen-bond donors (Lipinski definition) is 4. The number of pyridine rings is 1. The van der Waals surface area contributed by atoms with E-state index in [9.17, 15) is 29.4 Å². The van der Waals surface area contributed by atoms with Crippen LogP contribution in [-0.2, 0) is 39.9 Å². The number of benzene rings is 1. The monoisotopic (exact) mass is 552 g/mol. The topological polar surface area (TPSA) is 178 Å². The van der Waals surface area contributed by atoms with Crippen molar-refractivity contribution in [2.45, 2.75) is 64.8 Å². The molecule has 0 spiro atoms. The number of aliphatic hydroxyl groups is 2. The van der Waals surface area contributed by atoms with Gasteiger partial charge in [-0.2, -0.15) is 0 Å². The van der Waals surface area contributed by atoms with Crippen molar-refractivity contribution in [1.29, 1.82) is 0 Å². The van der Waals surface area contributed by atoms with Crippen molar-refractivity contribution in [1.82, 2.24) is 9.38 Å². The standard InChI is InChI=1S/C27H28N4O9/c1-13-6-5-7-14(2)18(13)11-28-19-8-17(12-31-16(4)15(3)29-22(19)31)30-23(34)27-25(36)38-20(32)9-26(37,24(35)40-27)10-21(33)39-27/h5-8,12,25,28,36-37H,9-11H2,1-4H3,(H,30,34). The fourth-order valence-corrected chi connectivity index (χ4v) is 4.79. The molecule has 2 fully saturated rings. The highest BCUT2D eigenvalue weighted by Gasteiger charge is 2.63. The summed E-state index contributed by atoms with van der Waals surface area (Å²) in [5, 5.41) is 27.0. The van der Waals surface area contributed by atoms with Crippen LogP contribution in [0.2, 0.25) is 0 Å². The lowest BCUT2D eigenvalue weighted by molar-refractivity contribution is -0.296. The van der Waals surface area contributed by atoms with Gasteiger partial charge in [-0.1, -0.05) is 18.2 Å². The number of nitrogens with zero attached hydrogens (tertiary/aromatic N) is 2. The summed E-state index contributed by atoms with van der Waals surface area (Å²) in [5.74, 6) is -8.40. The first kappa shape index (κ1) is 27.1. The second-order valence-electron chi connectivity index (χ2n) is 10.1. The normalized spacial score (nSPS) is 24.4. The van der Waals surface area contributed by atoms with Gasteiger partial charge in [0.1, 0.15) is 0 Å². The maximum absolute atomic E-state index is 13.5. The van der Waals surface area contributed by atoms with E-state index < -0.39 is 54.3 Å². The number of imidazole rings is 1. The molecule has 4 heterocycles. The van der Waals surface area contributed by atoms with E-state index in [0.29, 0.717) is 17.9 Å². The molecular weight excluding hydrogens is 524 g/mol. The molecule has 13 heteroatoms. The smallest absolute Gasteiger partial charge is 0.401 e. The number of hydrogen-bond acceptors (Lipinski definition) is 11. The molecule has 4 N–H and O–H groups in total. The minimum Gasteiger partial charge on any atom is -0.426 e. The number of esters is 3. The number of carbonyl (C=O) groups is 4. The Labute approximate surface area is 228 Å². The molecule has 2 aromatic heterocycles. The molecule has 2 aliphatic heterocycles. The van der Waals surface area contributed by atoms with E-state index >= 15 is 0 Å². The van der Waals surface area contributed by atoms with Gasteiger partial charge < -0.3 is 39.5 Å². The summed E-state index contributed by atoms with van der Waals surface area (Å²) < 4.78 is 16.6. The van der Waals surface area contributed by atoms with E-state index in [4.69, 9.17) is 14.2 Å². The number of nitrogens with one attached hydrogen (secondary N) is 2. The van der Waals surface area contributed by atoms with Crippen molar-refractivity contribution in [2.24, 2.45) is 0 Å². The predicted octanol–water partition coefficient (Wildman–Crippen LogP) is 1.30. The van der Waals surface area contributed by atoms with Gasteiger partial charge in [0.15, 0.2) is 11.2 Å². The predicted molar refractivity (Wildman–Crippen MR) is 138 cm³/mol. The van der Waals surface area contributed by atoms with Crippen LogP contribution in [0.3, 0.4) is 0 Å². The summed E-state index contributed by atoms with van der Waals surface area (Å²) in [7, 11) is 0. The van der Waals surface area contributed by atoms with Gasteiger partial charge in [-0.15, -0.1) is 0 Å². The molecule has 0 saturated carbocycles. The number of carbonyl (C=O) groups excluding carboxylic acids is 4. The SMILES string of the molecule is Cc1cccc(C)c1CNc1cc(NC(=O)C23OC(=O)CC(O)(CC(=O)OC2O)C(=O)O3)cn2c(C)c(C)nc12. The Morgan fingerprint density at radius 2 is 1.77 bits per heavy atom. The average Bonchev–Trinajstić information content (AvgIpc) is 3.11. The van der Waals surface area contributed by atoms with Crippen LogP contribution in [0.4, 0.5) is 11.4 Å². The van der Waals surface area contributed by atoms with E-state index in [1.54, 1.807) is 16.7 Å². The second-order valence-corrected chi connectivity index (χ2v) is 10.1. The molecule has 40 heavy (non-hydrogen) atoms. The number of amides is 1. The Kier molecular flexibility index (Phi) is 6.51. The minimum atomic E-state index is -3.10. The Morgan fingerprint density at radius 1 is 1.10 bits per heavy atom. The lowest BCUT2D eigenvalue weighted by Crippen LogP contribution is -2.61. The van der Waals surface area contributed by atoms with Gasteiger partial charge in [-0.05, 0) is 50.5 Å². The van der Waals surface area contributed by atoms with Gasteiger partial charge in [0.25, 0.3) is 6.29 Å². The Morgan fingerprint density at radius 3 is 2.48 bits per heavy atom. The second kappa shape index (κ2) is 9.61. The van der Waals surface area contributed by atoms with Gasteiger partial charge in [-0.25, -0.2) is 9.78 Å². The van der Waals surface area contributed by atoms with Crippen LogP contribution in [0.25, 0.3) is 5.65 Å².